The van der Waals surface area contributed by atoms with Crippen LogP contribution in [0.4, 0.5) is 0 Å². The van der Waals surface area contributed by atoms with Gasteiger partial charge < -0.3 is 14.5 Å². The molecule has 1 aromatic carbocycles. The predicted molar refractivity (Wildman–Crippen MR) is 84.7 cm³/mol. The zero-order valence-electron chi connectivity index (χ0n) is 13.0. The molecule has 3 rings (SSSR count). The van der Waals surface area contributed by atoms with Gasteiger partial charge in [-0.25, -0.2) is 0 Å². The molecule has 3 nitrogen and oxygen atoms in total. The molecule has 21 heavy (non-hydrogen) atoms. The van der Waals surface area contributed by atoms with Gasteiger partial charge in [-0.15, -0.1) is 0 Å². The number of rotatable bonds is 5. The highest BCUT2D eigenvalue weighted by Crippen LogP contribution is 2.41. The molecule has 2 aromatic rings. The van der Waals surface area contributed by atoms with Crippen LogP contribution in [0.15, 0.2) is 34.9 Å². The largest absolute Gasteiger partial charge is 0.492 e. The topological polar surface area (TPSA) is 34.4 Å². The number of fused-ring (bicyclic) bond motifs is 1. The minimum absolute atomic E-state index is 0.0791. The Kier molecular flexibility index (Phi) is 3.77. The molecule has 0 radical (unpaired) electrons. The van der Waals surface area contributed by atoms with Crippen LogP contribution in [-0.4, -0.2) is 13.2 Å². The Balaban J connectivity index is 1.90. The normalized spacial score (nSPS) is 15.8. The summed E-state index contributed by atoms with van der Waals surface area (Å²) in [6.45, 7) is 9.14. The van der Waals surface area contributed by atoms with Crippen molar-refractivity contribution < 1.29 is 9.15 Å². The minimum atomic E-state index is 0.0791. The van der Waals surface area contributed by atoms with Crippen molar-refractivity contribution in [2.24, 2.45) is 0 Å². The Bertz CT molecular complexity index is 628. The third-order valence-corrected chi connectivity index (χ3v) is 4.07. The van der Waals surface area contributed by atoms with E-state index in [2.05, 4.69) is 44.3 Å². The third-order valence-electron chi connectivity index (χ3n) is 4.07. The van der Waals surface area contributed by atoms with Crippen LogP contribution in [0.1, 0.15) is 38.5 Å². The maximum absolute atomic E-state index is 5.76. The zero-order valence-corrected chi connectivity index (χ0v) is 13.0. The molecule has 1 aromatic heterocycles. The summed E-state index contributed by atoms with van der Waals surface area (Å²) in [5, 5.41) is 3.40. The highest BCUT2D eigenvalue weighted by Gasteiger charge is 2.32. The number of hydrogen-bond acceptors (Lipinski definition) is 3. The van der Waals surface area contributed by atoms with Crippen LogP contribution < -0.4 is 10.1 Å². The lowest BCUT2D eigenvalue weighted by Gasteiger charge is -2.16. The molecule has 1 aliphatic rings. The molecule has 0 spiro atoms. The van der Waals surface area contributed by atoms with Gasteiger partial charge >= 0.3 is 0 Å². The van der Waals surface area contributed by atoms with E-state index in [0.29, 0.717) is 0 Å². The molecule has 1 aliphatic heterocycles. The Morgan fingerprint density at radius 3 is 2.90 bits per heavy atom. The van der Waals surface area contributed by atoms with E-state index < -0.39 is 0 Å². The van der Waals surface area contributed by atoms with E-state index in [0.717, 1.165) is 37.6 Å². The van der Waals surface area contributed by atoms with Crippen molar-refractivity contribution in [3.05, 3.63) is 41.9 Å². The summed E-state index contributed by atoms with van der Waals surface area (Å²) in [5.41, 5.74) is 3.74. The predicted octanol–water partition coefficient (Wildman–Crippen LogP) is 4.12. The summed E-state index contributed by atoms with van der Waals surface area (Å²) < 4.78 is 11.4. The highest BCUT2D eigenvalue weighted by molar-refractivity contribution is 5.68. The van der Waals surface area contributed by atoms with E-state index in [1.54, 1.807) is 6.26 Å². The number of furan rings is 1. The molecule has 0 fully saturated rings. The van der Waals surface area contributed by atoms with Gasteiger partial charge in [0, 0.05) is 16.5 Å². The second kappa shape index (κ2) is 5.57. The third kappa shape index (κ3) is 2.70. The first-order valence-electron chi connectivity index (χ1n) is 7.66. The number of nitrogens with one attached hydrogen (secondary N) is 1. The summed E-state index contributed by atoms with van der Waals surface area (Å²) in [5.74, 6) is 2.01. The van der Waals surface area contributed by atoms with Gasteiger partial charge in [0.2, 0.25) is 0 Å². The lowest BCUT2D eigenvalue weighted by Crippen LogP contribution is -2.18. The average Bonchev–Trinajstić information content (AvgIpc) is 3.04. The average molecular weight is 285 g/mol. The Labute approximate surface area is 126 Å². The molecule has 0 unspecified atom stereocenters. The fourth-order valence-corrected chi connectivity index (χ4v) is 2.80. The second-order valence-corrected chi connectivity index (χ2v) is 6.32. The molecule has 0 amide bonds. The number of ether oxygens (including phenoxy) is 1. The molecule has 0 saturated heterocycles. The molecule has 0 atom stereocenters. The highest BCUT2D eigenvalue weighted by atomic mass is 16.5. The molecule has 1 N–H and O–H groups in total. The molecule has 3 heteroatoms. The fourth-order valence-electron chi connectivity index (χ4n) is 2.80. The van der Waals surface area contributed by atoms with E-state index in [1.807, 2.05) is 6.07 Å². The first-order chi connectivity index (χ1) is 10.1. The maximum Gasteiger partial charge on any atom is 0.125 e. The molecule has 0 saturated carbocycles. The SMILES string of the molecule is CCCNCc1occc1-c1ccc2c(c1)C(C)(C)CO2. The lowest BCUT2D eigenvalue weighted by atomic mass is 9.85. The molecule has 0 bridgehead atoms. The van der Waals surface area contributed by atoms with E-state index in [9.17, 15) is 0 Å². The monoisotopic (exact) mass is 285 g/mol. The van der Waals surface area contributed by atoms with Crippen molar-refractivity contribution in [2.75, 3.05) is 13.2 Å². The van der Waals surface area contributed by atoms with Crippen LogP contribution in [0, 0.1) is 0 Å². The van der Waals surface area contributed by atoms with Crippen LogP contribution >= 0.6 is 0 Å². The van der Waals surface area contributed by atoms with Gasteiger partial charge in [0.1, 0.15) is 11.5 Å². The summed E-state index contributed by atoms with van der Waals surface area (Å²) in [6.07, 6.45) is 2.90. The summed E-state index contributed by atoms with van der Waals surface area (Å²) in [7, 11) is 0. The van der Waals surface area contributed by atoms with Crippen LogP contribution in [-0.2, 0) is 12.0 Å². The molecule has 112 valence electrons. The van der Waals surface area contributed by atoms with Gasteiger partial charge in [-0.1, -0.05) is 26.8 Å². The maximum atomic E-state index is 5.76. The quantitative estimate of drug-likeness (QED) is 0.839. The number of hydrogen-bond donors (Lipinski definition) is 1. The molecule has 2 heterocycles. The van der Waals surface area contributed by atoms with Crippen molar-refractivity contribution in [1.29, 1.82) is 0 Å². The second-order valence-electron chi connectivity index (χ2n) is 6.32. The van der Waals surface area contributed by atoms with Gasteiger partial charge in [-0.05, 0) is 36.7 Å². The van der Waals surface area contributed by atoms with Crippen LogP contribution in [0.2, 0.25) is 0 Å². The van der Waals surface area contributed by atoms with Crippen molar-refractivity contribution in [2.45, 2.75) is 39.2 Å². The lowest BCUT2D eigenvalue weighted by molar-refractivity contribution is 0.291. The minimum Gasteiger partial charge on any atom is -0.492 e. The Morgan fingerprint density at radius 2 is 2.10 bits per heavy atom. The smallest absolute Gasteiger partial charge is 0.125 e. The van der Waals surface area contributed by atoms with Crippen molar-refractivity contribution >= 4 is 0 Å². The van der Waals surface area contributed by atoms with Crippen LogP contribution in [0.5, 0.6) is 5.75 Å². The van der Waals surface area contributed by atoms with Gasteiger partial charge in [0.25, 0.3) is 0 Å². The van der Waals surface area contributed by atoms with Crippen molar-refractivity contribution in [1.82, 2.24) is 5.32 Å². The molecular weight excluding hydrogens is 262 g/mol. The first kappa shape index (κ1) is 14.2. The van der Waals surface area contributed by atoms with Crippen LogP contribution in [0.25, 0.3) is 11.1 Å². The standard InChI is InChI=1S/C18H23NO2/c1-4-8-19-11-17-14(7-9-20-17)13-5-6-16-15(10-13)18(2,3)12-21-16/h5-7,9-10,19H,4,8,11-12H2,1-3H3. The first-order valence-corrected chi connectivity index (χ1v) is 7.66. The Hall–Kier alpha value is -1.74. The summed E-state index contributed by atoms with van der Waals surface area (Å²) in [4.78, 5) is 0. The van der Waals surface area contributed by atoms with E-state index in [4.69, 9.17) is 9.15 Å². The fraction of sp³-hybridized carbons (Fsp3) is 0.444. The molecular formula is C18H23NO2. The number of benzene rings is 1. The van der Waals surface area contributed by atoms with Crippen molar-refractivity contribution in [3.8, 4) is 16.9 Å². The molecule has 0 aliphatic carbocycles. The summed E-state index contributed by atoms with van der Waals surface area (Å²) >= 11 is 0. The van der Waals surface area contributed by atoms with E-state index >= 15 is 0 Å². The van der Waals surface area contributed by atoms with Gasteiger partial charge in [0.05, 0.1) is 19.4 Å². The van der Waals surface area contributed by atoms with Gasteiger partial charge in [-0.3, -0.25) is 0 Å². The van der Waals surface area contributed by atoms with Crippen LogP contribution in [0.3, 0.4) is 0 Å². The zero-order chi connectivity index (χ0) is 14.9. The van der Waals surface area contributed by atoms with Crippen molar-refractivity contribution in [3.63, 3.8) is 0 Å². The van der Waals surface area contributed by atoms with E-state index in [-0.39, 0.29) is 5.41 Å². The van der Waals surface area contributed by atoms with Gasteiger partial charge in [-0.2, -0.15) is 0 Å². The Morgan fingerprint density at radius 1 is 1.24 bits per heavy atom. The van der Waals surface area contributed by atoms with Gasteiger partial charge in [0.15, 0.2) is 0 Å². The van der Waals surface area contributed by atoms with E-state index in [1.165, 1.54) is 16.7 Å². The summed E-state index contributed by atoms with van der Waals surface area (Å²) in [6, 6.07) is 8.49.